The van der Waals surface area contributed by atoms with E-state index < -0.39 is 8.07 Å². The van der Waals surface area contributed by atoms with Crippen molar-refractivity contribution in [1.29, 1.82) is 0 Å². The average molecular weight is 202 g/mol. The van der Waals surface area contributed by atoms with Crippen LogP contribution >= 0.6 is 0 Å². The molecule has 1 rings (SSSR count). The van der Waals surface area contributed by atoms with Crippen LogP contribution in [0.15, 0.2) is 0 Å². The minimum Gasteiger partial charge on any atom is -0.358 e. The van der Waals surface area contributed by atoms with E-state index in [4.69, 9.17) is 0 Å². The molecule has 0 N–H and O–H groups in total. The minimum atomic E-state index is -0.694. The van der Waals surface area contributed by atoms with E-state index >= 15 is 0 Å². The summed E-state index contributed by atoms with van der Waals surface area (Å²) in [4.78, 5) is 0. The topological polar surface area (TPSA) is 0 Å². The molecule has 0 spiro atoms. The van der Waals surface area contributed by atoms with Gasteiger partial charge in [0.1, 0.15) is 0 Å². The molecule has 65 valence electrons. The third-order valence-electron chi connectivity index (χ3n) is 3.04. The van der Waals surface area contributed by atoms with Crippen LogP contribution in [0, 0.1) is 7.43 Å². The molecule has 1 aliphatic rings. The van der Waals surface area contributed by atoms with Crippen LogP contribution in [0.4, 0.5) is 0 Å². The standard InChI is InChI=1S/C8H18Si.CH3.Sc/c1-8-6-4-5-7-9(8,2)3;;/h8H,4-7H2,1-3H3;1H3;/q;-1;. The Bertz CT molecular complexity index is 102. The summed E-state index contributed by atoms with van der Waals surface area (Å²) in [5.74, 6) is 0. The molecule has 0 bridgehead atoms. The van der Waals surface area contributed by atoms with Crippen molar-refractivity contribution in [3.8, 4) is 0 Å². The summed E-state index contributed by atoms with van der Waals surface area (Å²) in [5, 5.41) is 0. The molecule has 1 aliphatic heterocycles. The van der Waals surface area contributed by atoms with Gasteiger partial charge in [-0.1, -0.05) is 45.3 Å². The zero-order valence-corrected chi connectivity index (χ0v) is 11.3. The van der Waals surface area contributed by atoms with Gasteiger partial charge in [-0.2, -0.15) is 0 Å². The summed E-state index contributed by atoms with van der Waals surface area (Å²) in [6, 6.07) is 1.58. The summed E-state index contributed by atoms with van der Waals surface area (Å²) in [7, 11) is -0.694. The third-order valence-corrected chi connectivity index (χ3v) is 7.64. The SMILES string of the molecule is CC1CCCC[Si]1(C)C.[CH3-].[Sc]. The maximum absolute atomic E-state index is 2.54. The fraction of sp³-hybridized carbons (Fsp3) is 0.889. The zero-order valence-electron chi connectivity index (χ0n) is 8.48. The molecule has 0 saturated carbocycles. The molecule has 1 fully saturated rings. The number of rotatable bonds is 0. The van der Waals surface area contributed by atoms with Gasteiger partial charge in [-0.3, -0.25) is 0 Å². The van der Waals surface area contributed by atoms with Crippen molar-refractivity contribution in [2.24, 2.45) is 0 Å². The molecular weight excluding hydrogens is 181 g/mol. The van der Waals surface area contributed by atoms with Gasteiger partial charge in [0.25, 0.3) is 0 Å². The molecule has 0 aromatic heterocycles. The van der Waals surface area contributed by atoms with Gasteiger partial charge in [0.15, 0.2) is 0 Å². The van der Waals surface area contributed by atoms with Crippen molar-refractivity contribution in [2.75, 3.05) is 0 Å². The molecule has 1 radical (unpaired) electrons. The predicted molar refractivity (Wildman–Crippen MR) is 52.0 cm³/mol. The number of hydrogen-bond donors (Lipinski definition) is 0. The first-order valence-electron chi connectivity index (χ1n) is 4.13. The van der Waals surface area contributed by atoms with Crippen LogP contribution in [0.1, 0.15) is 26.2 Å². The third kappa shape index (κ3) is 4.02. The second kappa shape index (κ2) is 5.68. The summed E-state index contributed by atoms with van der Waals surface area (Å²) in [6.45, 7) is 7.53. The Morgan fingerprint density at radius 1 is 1.18 bits per heavy atom. The molecule has 0 aromatic carbocycles. The Hall–Kier alpha value is 1.09. The van der Waals surface area contributed by atoms with Gasteiger partial charge in [0, 0.05) is 25.8 Å². The van der Waals surface area contributed by atoms with Gasteiger partial charge in [-0.25, -0.2) is 0 Å². The molecule has 0 aliphatic carbocycles. The molecule has 1 unspecified atom stereocenters. The average Bonchev–Trinajstić information content (AvgIpc) is 1.77. The van der Waals surface area contributed by atoms with Crippen LogP contribution in [0.25, 0.3) is 0 Å². The van der Waals surface area contributed by atoms with Crippen LogP contribution in [-0.2, 0) is 25.8 Å². The normalized spacial score (nSPS) is 28.1. The Balaban J connectivity index is 0. The molecule has 11 heavy (non-hydrogen) atoms. The van der Waals surface area contributed by atoms with Crippen molar-refractivity contribution in [3.63, 3.8) is 0 Å². The minimum absolute atomic E-state index is 0. The van der Waals surface area contributed by atoms with E-state index in [0.29, 0.717) is 0 Å². The van der Waals surface area contributed by atoms with Crippen molar-refractivity contribution >= 4 is 8.07 Å². The van der Waals surface area contributed by atoms with Crippen molar-refractivity contribution in [1.82, 2.24) is 0 Å². The number of hydrogen-bond acceptors (Lipinski definition) is 0. The van der Waals surface area contributed by atoms with Crippen molar-refractivity contribution < 1.29 is 25.8 Å². The summed E-state index contributed by atoms with van der Waals surface area (Å²) in [5.41, 5.74) is 1.09. The fourth-order valence-corrected chi connectivity index (χ4v) is 4.31. The van der Waals surface area contributed by atoms with Crippen LogP contribution in [-0.4, -0.2) is 8.07 Å². The van der Waals surface area contributed by atoms with Crippen LogP contribution in [0.3, 0.4) is 0 Å². The van der Waals surface area contributed by atoms with Crippen LogP contribution in [0.2, 0.25) is 24.7 Å². The van der Waals surface area contributed by atoms with Crippen molar-refractivity contribution in [3.05, 3.63) is 7.43 Å². The molecule has 1 saturated heterocycles. The predicted octanol–water partition coefficient (Wildman–Crippen LogP) is 3.72. The van der Waals surface area contributed by atoms with E-state index in [1.54, 1.807) is 6.04 Å². The van der Waals surface area contributed by atoms with Crippen LogP contribution < -0.4 is 0 Å². The van der Waals surface area contributed by atoms with Gasteiger partial charge < -0.3 is 7.43 Å². The maximum atomic E-state index is 2.54. The summed E-state index contributed by atoms with van der Waals surface area (Å²) < 4.78 is 0. The van der Waals surface area contributed by atoms with Crippen molar-refractivity contribution in [2.45, 2.75) is 50.9 Å². The first-order valence-corrected chi connectivity index (χ1v) is 7.41. The smallest absolute Gasteiger partial charge is 0.0502 e. The monoisotopic (exact) mass is 202 g/mol. The fourth-order valence-electron chi connectivity index (χ4n) is 1.67. The Morgan fingerprint density at radius 3 is 2.00 bits per heavy atom. The van der Waals surface area contributed by atoms with Gasteiger partial charge in [0.2, 0.25) is 0 Å². The van der Waals surface area contributed by atoms with E-state index in [-0.39, 0.29) is 33.3 Å². The van der Waals surface area contributed by atoms with E-state index in [0.717, 1.165) is 5.54 Å². The van der Waals surface area contributed by atoms with Gasteiger partial charge in [-0.15, -0.1) is 0 Å². The Labute approximate surface area is 91.9 Å². The first kappa shape index (κ1) is 14.6. The van der Waals surface area contributed by atoms with E-state index in [1.807, 2.05) is 0 Å². The summed E-state index contributed by atoms with van der Waals surface area (Å²) in [6.07, 6.45) is 4.53. The van der Waals surface area contributed by atoms with Gasteiger partial charge >= 0.3 is 0 Å². The Kier molecular flexibility index (Phi) is 7.55. The van der Waals surface area contributed by atoms with Crippen LogP contribution in [0.5, 0.6) is 0 Å². The molecular formula is C9H21ScSi-. The zero-order chi connectivity index (χ0) is 6.91. The van der Waals surface area contributed by atoms with E-state index in [2.05, 4.69) is 20.0 Å². The molecule has 0 amide bonds. The second-order valence-corrected chi connectivity index (χ2v) is 9.60. The first-order chi connectivity index (χ1) is 4.13. The second-order valence-electron chi connectivity index (χ2n) is 4.14. The largest absolute Gasteiger partial charge is 0.358 e. The maximum Gasteiger partial charge on any atom is 0.0502 e. The quantitative estimate of drug-likeness (QED) is 0.415. The van der Waals surface area contributed by atoms with E-state index in [1.165, 1.54) is 19.3 Å². The molecule has 2 heteroatoms. The summed E-state index contributed by atoms with van der Waals surface area (Å²) >= 11 is 0. The molecule has 0 nitrogen and oxygen atoms in total. The Morgan fingerprint density at radius 2 is 1.73 bits per heavy atom. The molecule has 1 heterocycles. The van der Waals surface area contributed by atoms with E-state index in [9.17, 15) is 0 Å². The van der Waals surface area contributed by atoms with Gasteiger partial charge in [0.05, 0.1) is 8.07 Å². The molecule has 1 atom stereocenters. The van der Waals surface area contributed by atoms with Gasteiger partial charge in [-0.05, 0) is 5.54 Å². The molecule has 0 aromatic rings.